The summed E-state index contributed by atoms with van der Waals surface area (Å²) in [6.07, 6.45) is 5.93. The van der Waals surface area contributed by atoms with E-state index in [0.29, 0.717) is 53.3 Å². The molecule has 0 bridgehead atoms. The molecule has 13 heteroatoms. The normalized spacial score (nSPS) is 17.7. The number of amides is 1. The van der Waals surface area contributed by atoms with Gasteiger partial charge in [0.25, 0.3) is 11.8 Å². The molecule has 1 fully saturated rings. The second kappa shape index (κ2) is 11.9. The highest BCUT2D eigenvalue weighted by Crippen LogP contribution is 2.50. The number of aryl methyl sites for hydroxylation is 3. The van der Waals surface area contributed by atoms with Gasteiger partial charge in [-0.05, 0) is 97.0 Å². The summed E-state index contributed by atoms with van der Waals surface area (Å²) in [5, 5.41) is 11.1. The summed E-state index contributed by atoms with van der Waals surface area (Å²) in [4.78, 5) is 39.0. The predicted molar refractivity (Wildman–Crippen MR) is 183 cm³/mol. The minimum atomic E-state index is -0.721. The largest absolute Gasteiger partial charge is 0.494 e. The van der Waals surface area contributed by atoms with Crippen LogP contribution < -0.4 is 15.8 Å². The maximum atomic E-state index is 14.8. The number of aromatic nitrogens is 4. The molecule has 4 aromatic heterocycles. The molecule has 2 aliphatic heterocycles. The molecular weight excluding hydrogens is 663 g/mol. The molecule has 0 saturated carbocycles. The van der Waals surface area contributed by atoms with E-state index in [4.69, 9.17) is 19.1 Å². The molecule has 10 nitrogen and oxygen atoms in total. The van der Waals surface area contributed by atoms with Crippen molar-refractivity contribution >= 4 is 33.1 Å². The summed E-state index contributed by atoms with van der Waals surface area (Å²) in [6, 6.07) is 13.3. The molecule has 0 unspecified atom stereocenters. The van der Waals surface area contributed by atoms with Crippen LogP contribution in [0.3, 0.4) is 0 Å². The minimum Gasteiger partial charge on any atom is -0.494 e. The van der Waals surface area contributed by atoms with Crippen molar-refractivity contribution in [3.8, 4) is 27.6 Å². The van der Waals surface area contributed by atoms with Crippen molar-refractivity contribution in [2.45, 2.75) is 50.6 Å². The maximum absolute atomic E-state index is 14.8. The smallest absolute Gasteiger partial charge is 0.434 e. The Kier molecular flexibility index (Phi) is 7.27. The van der Waals surface area contributed by atoms with Crippen molar-refractivity contribution in [3.63, 3.8) is 0 Å². The third-order valence-corrected chi connectivity index (χ3v) is 11.2. The van der Waals surface area contributed by atoms with Gasteiger partial charge in [0.1, 0.15) is 11.6 Å². The van der Waals surface area contributed by atoms with Crippen molar-refractivity contribution < 1.29 is 22.7 Å². The van der Waals surface area contributed by atoms with Crippen molar-refractivity contribution in [1.82, 2.24) is 25.1 Å². The molecule has 1 aliphatic carbocycles. The first-order valence-electron chi connectivity index (χ1n) is 16.6. The van der Waals surface area contributed by atoms with Crippen LogP contribution in [0.5, 0.6) is 5.75 Å². The van der Waals surface area contributed by atoms with E-state index in [9.17, 15) is 18.4 Å². The number of fused-ring (bicyclic) bond motifs is 5. The molecule has 0 spiro atoms. The van der Waals surface area contributed by atoms with Gasteiger partial charge in [0.15, 0.2) is 11.6 Å². The van der Waals surface area contributed by atoms with Gasteiger partial charge in [0, 0.05) is 23.2 Å². The number of pyridine rings is 2. The predicted octanol–water partition coefficient (Wildman–Crippen LogP) is 7.16. The quantitative estimate of drug-likeness (QED) is 0.172. The summed E-state index contributed by atoms with van der Waals surface area (Å²) in [5.74, 6) is -0.632. The van der Waals surface area contributed by atoms with Gasteiger partial charge in [-0.15, -0.1) is 16.4 Å². The first kappa shape index (κ1) is 30.6. The van der Waals surface area contributed by atoms with E-state index >= 15 is 0 Å². The Morgan fingerprint density at radius 3 is 2.72 bits per heavy atom. The van der Waals surface area contributed by atoms with Crippen molar-refractivity contribution in [2.75, 3.05) is 19.0 Å². The highest BCUT2D eigenvalue weighted by atomic mass is 32.1. The molecule has 1 amide bonds. The van der Waals surface area contributed by atoms with Gasteiger partial charge in [-0.3, -0.25) is 9.78 Å². The molecular formula is C37H30F2N6O4S. The van der Waals surface area contributed by atoms with E-state index in [0.717, 1.165) is 57.3 Å². The topological polar surface area (TPSA) is 126 Å². The molecule has 6 aromatic rings. The number of halogens is 2. The number of carbonyl (C=O) groups is 1. The average Bonchev–Trinajstić information content (AvgIpc) is 3.96. The van der Waals surface area contributed by atoms with Crippen LogP contribution in [-0.4, -0.2) is 44.6 Å². The molecule has 2 atom stereocenters. The second-order valence-corrected chi connectivity index (χ2v) is 13.9. The minimum absolute atomic E-state index is 0.0446. The molecule has 9 rings (SSSR count). The molecule has 3 aliphatic rings. The van der Waals surface area contributed by atoms with E-state index in [1.807, 2.05) is 17.0 Å². The van der Waals surface area contributed by atoms with Crippen LogP contribution in [0.15, 0.2) is 63.9 Å². The Morgan fingerprint density at radius 2 is 1.92 bits per heavy atom. The van der Waals surface area contributed by atoms with Gasteiger partial charge < -0.3 is 19.4 Å². The summed E-state index contributed by atoms with van der Waals surface area (Å²) in [6.45, 7) is 0.636. The summed E-state index contributed by atoms with van der Waals surface area (Å²) < 4.78 is 40.1. The molecule has 2 N–H and O–H groups in total. The van der Waals surface area contributed by atoms with Crippen molar-refractivity contribution in [1.29, 1.82) is 0 Å². The fraction of sp³-hybridized carbons (Fsp3) is 0.270. The highest BCUT2D eigenvalue weighted by Gasteiger charge is 2.45. The molecule has 1 saturated heterocycles. The third kappa shape index (κ3) is 4.98. The lowest BCUT2D eigenvalue weighted by Gasteiger charge is -2.16. The van der Waals surface area contributed by atoms with Gasteiger partial charge >= 0.3 is 5.76 Å². The first-order valence-corrected chi connectivity index (χ1v) is 17.4. The van der Waals surface area contributed by atoms with Gasteiger partial charge in [-0.1, -0.05) is 12.1 Å². The Hall–Kier alpha value is -5.43. The number of benzene rings is 2. The molecule has 2 aromatic carbocycles. The number of hydrogen-bond acceptors (Lipinski definition) is 9. The average molecular weight is 693 g/mol. The van der Waals surface area contributed by atoms with E-state index in [1.165, 1.54) is 36.6 Å². The lowest BCUT2D eigenvalue weighted by atomic mass is 9.93. The zero-order valence-electron chi connectivity index (χ0n) is 26.9. The molecule has 6 heterocycles. The van der Waals surface area contributed by atoms with Crippen LogP contribution in [0.1, 0.15) is 69.8 Å². The Labute approximate surface area is 288 Å². The number of H-pyrrole nitrogens is 1. The zero-order valence-corrected chi connectivity index (χ0v) is 27.7. The second-order valence-electron chi connectivity index (χ2n) is 12.9. The van der Waals surface area contributed by atoms with E-state index in [2.05, 4.69) is 15.5 Å². The van der Waals surface area contributed by atoms with Crippen LogP contribution in [0.4, 0.5) is 14.6 Å². The number of aromatic amines is 1. The number of methoxy groups -OCH3 is 1. The molecule has 0 radical (unpaired) electrons. The SMILES string of the molecule is COc1cc2c(cc1F)[C@@H](Nc1nccc3cc(-c4c5c(nc(CCc6ccc(F)cc6)c4-c4n[nH]c(=O)o4)[C@@H]4CCCN4C5=O)sc13)CC2. The lowest BCUT2D eigenvalue weighted by Crippen LogP contribution is -2.22. The number of anilines is 1. The van der Waals surface area contributed by atoms with Crippen molar-refractivity contribution in [2.24, 2.45) is 0 Å². The summed E-state index contributed by atoms with van der Waals surface area (Å²) in [7, 11) is 1.46. The number of nitrogens with one attached hydrogen (secondary N) is 2. The number of hydrogen-bond donors (Lipinski definition) is 2. The van der Waals surface area contributed by atoms with Gasteiger partial charge in [0.05, 0.1) is 46.4 Å². The number of thiophene rings is 1. The van der Waals surface area contributed by atoms with Crippen LogP contribution in [0, 0.1) is 11.6 Å². The van der Waals surface area contributed by atoms with E-state index in [1.54, 1.807) is 24.4 Å². The van der Waals surface area contributed by atoms with Crippen molar-refractivity contribution in [3.05, 3.63) is 111 Å². The zero-order chi connectivity index (χ0) is 34.1. The van der Waals surface area contributed by atoms with Gasteiger partial charge in [-0.2, -0.15) is 0 Å². The highest BCUT2D eigenvalue weighted by molar-refractivity contribution is 7.23. The first-order chi connectivity index (χ1) is 24.4. The standard InChI is InChI=1S/C37H30F2N6O4S/c1-48-27-15-19-7-11-24(22(19)17-23(27)39)42-34-33-20(12-13-40-34)16-28(50-33)30-29(35-43-44-37(47)49-35)25(10-6-18-4-8-21(38)9-5-18)41-32-26-3-2-14-45(26)36(46)31(30)32/h4-5,8-9,12-13,15-17,24,26H,2-3,6-7,10-11,14H2,1H3,(H,40,42)(H,44,47)/t24-,26-/m0/s1. The summed E-state index contributed by atoms with van der Waals surface area (Å²) in [5.41, 5.74) is 5.75. The van der Waals surface area contributed by atoms with Gasteiger partial charge in [0.2, 0.25) is 0 Å². The van der Waals surface area contributed by atoms with Crippen LogP contribution >= 0.6 is 11.3 Å². The van der Waals surface area contributed by atoms with Crippen LogP contribution in [0.2, 0.25) is 0 Å². The molecule has 50 heavy (non-hydrogen) atoms. The summed E-state index contributed by atoms with van der Waals surface area (Å²) >= 11 is 1.47. The van der Waals surface area contributed by atoms with E-state index in [-0.39, 0.29) is 35.4 Å². The van der Waals surface area contributed by atoms with Crippen LogP contribution in [-0.2, 0) is 19.3 Å². The van der Waals surface area contributed by atoms with Crippen LogP contribution in [0.25, 0.3) is 32.0 Å². The maximum Gasteiger partial charge on any atom is 0.434 e. The Balaban J connectivity index is 1.19. The fourth-order valence-corrected chi connectivity index (χ4v) is 8.89. The molecule has 252 valence electrons. The lowest BCUT2D eigenvalue weighted by molar-refractivity contribution is 0.0776. The Morgan fingerprint density at radius 1 is 1.06 bits per heavy atom. The van der Waals surface area contributed by atoms with E-state index < -0.39 is 11.6 Å². The van der Waals surface area contributed by atoms with Gasteiger partial charge in [-0.25, -0.2) is 23.7 Å². The Bertz CT molecular complexity index is 2390. The monoisotopic (exact) mass is 692 g/mol. The number of ether oxygens (including phenoxy) is 1. The number of rotatable bonds is 8. The fourth-order valence-electron chi connectivity index (χ4n) is 7.73. The number of nitrogens with zero attached hydrogens (tertiary/aromatic N) is 4. The third-order valence-electron chi connectivity index (χ3n) is 10.0. The number of carbonyl (C=O) groups excluding carboxylic acids is 1.